The van der Waals surface area contributed by atoms with E-state index in [4.69, 9.17) is 4.98 Å². The van der Waals surface area contributed by atoms with Crippen molar-refractivity contribution < 1.29 is 8.78 Å². The summed E-state index contributed by atoms with van der Waals surface area (Å²) in [6.07, 6.45) is 8.13. The molecular weight excluding hydrogens is 378 g/mol. The van der Waals surface area contributed by atoms with Crippen LogP contribution in [0.3, 0.4) is 0 Å². The van der Waals surface area contributed by atoms with Crippen molar-refractivity contribution >= 4 is 29.7 Å². The summed E-state index contributed by atoms with van der Waals surface area (Å²) in [4.78, 5) is 14.5. The summed E-state index contributed by atoms with van der Waals surface area (Å²) in [5.41, 5.74) is 1.33. The van der Waals surface area contributed by atoms with Crippen LogP contribution in [0.5, 0.6) is 0 Å². The van der Waals surface area contributed by atoms with Gasteiger partial charge in [0.05, 0.1) is 12.2 Å². The molecule has 0 saturated carbocycles. The zero-order chi connectivity index (χ0) is 20.4. The third kappa shape index (κ3) is 3.53. The molecule has 0 aromatic carbocycles. The van der Waals surface area contributed by atoms with E-state index < -0.39 is 11.8 Å². The molecular formula is C19H20F2N8. The number of hydrogen-bond acceptors (Lipinski definition) is 6. The second-order valence-electron chi connectivity index (χ2n) is 6.53. The van der Waals surface area contributed by atoms with Crippen molar-refractivity contribution in [3.05, 3.63) is 48.1 Å². The van der Waals surface area contributed by atoms with Gasteiger partial charge in [0.2, 0.25) is 5.95 Å². The molecule has 0 amide bonds. The molecule has 0 spiro atoms. The van der Waals surface area contributed by atoms with Gasteiger partial charge in [0.25, 0.3) is 0 Å². The number of halogens is 2. The van der Waals surface area contributed by atoms with Crippen molar-refractivity contribution in [3.8, 4) is 0 Å². The van der Waals surface area contributed by atoms with Gasteiger partial charge in [-0.3, -0.25) is 4.99 Å². The fraction of sp³-hybridized carbons (Fsp3) is 0.316. The van der Waals surface area contributed by atoms with E-state index in [0.717, 1.165) is 18.6 Å². The van der Waals surface area contributed by atoms with Gasteiger partial charge in [0, 0.05) is 26.0 Å². The summed E-state index contributed by atoms with van der Waals surface area (Å²) in [6, 6.07) is 3.57. The highest BCUT2D eigenvalue weighted by Gasteiger charge is 2.31. The molecule has 1 unspecified atom stereocenters. The van der Waals surface area contributed by atoms with Crippen LogP contribution in [0.15, 0.2) is 40.7 Å². The molecule has 29 heavy (non-hydrogen) atoms. The summed E-state index contributed by atoms with van der Waals surface area (Å²) < 4.78 is 29.6. The Kier molecular flexibility index (Phi) is 5.15. The highest BCUT2D eigenvalue weighted by molar-refractivity contribution is 5.86. The minimum absolute atomic E-state index is 0.105. The third-order valence-corrected chi connectivity index (χ3v) is 4.75. The summed E-state index contributed by atoms with van der Waals surface area (Å²) >= 11 is 0. The first-order chi connectivity index (χ1) is 14.1. The van der Waals surface area contributed by atoms with Gasteiger partial charge >= 0.3 is 0 Å². The van der Waals surface area contributed by atoms with E-state index in [9.17, 15) is 8.78 Å². The Morgan fingerprint density at radius 3 is 2.90 bits per heavy atom. The number of hydrazone groups is 1. The van der Waals surface area contributed by atoms with Gasteiger partial charge in [-0.1, -0.05) is 0 Å². The van der Waals surface area contributed by atoms with Crippen molar-refractivity contribution in [3.63, 3.8) is 0 Å². The number of aromatic nitrogens is 4. The lowest BCUT2D eigenvalue weighted by Gasteiger charge is -2.25. The normalized spacial score (nSPS) is 17.2. The Balaban J connectivity index is 1.75. The highest BCUT2D eigenvalue weighted by atomic mass is 19.1. The minimum Gasteiger partial charge on any atom is -0.348 e. The fourth-order valence-corrected chi connectivity index (χ4v) is 3.55. The van der Waals surface area contributed by atoms with E-state index in [-0.39, 0.29) is 11.7 Å². The van der Waals surface area contributed by atoms with Crippen LogP contribution in [-0.4, -0.2) is 45.7 Å². The topological polar surface area (TPSA) is 74.3 Å². The molecule has 1 aliphatic rings. The molecule has 4 heterocycles. The lowest BCUT2D eigenvalue weighted by Crippen LogP contribution is -2.25. The lowest BCUT2D eigenvalue weighted by molar-refractivity contribution is 0.518. The standard InChI is InChI=1S/C19H20F2N8/c1-3-23-29(12-22-2)15-11-24-28-10-8-17(26-19(15)28)27-9-4-5-14(27)18-13(20)6-7-16(21)25-18/h3,6-8,10-12,14H,4-5,9H2,1-2H3/b22-12-,23-3-. The Bertz CT molecular complexity index is 1070. The molecule has 3 aromatic rings. The maximum atomic E-state index is 14.3. The summed E-state index contributed by atoms with van der Waals surface area (Å²) in [6.45, 7) is 2.47. The van der Waals surface area contributed by atoms with E-state index >= 15 is 0 Å². The van der Waals surface area contributed by atoms with Crippen molar-refractivity contribution in [2.45, 2.75) is 25.8 Å². The zero-order valence-corrected chi connectivity index (χ0v) is 16.1. The molecule has 0 radical (unpaired) electrons. The smallest absolute Gasteiger partial charge is 0.213 e. The molecule has 1 aliphatic heterocycles. The second-order valence-corrected chi connectivity index (χ2v) is 6.53. The van der Waals surface area contributed by atoms with Crippen LogP contribution in [0.4, 0.5) is 20.3 Å². The van der Waals surface area contributed by atoms with Gasteiger partial charge in [0.15, 0.2) is 5.65 Å². The molecule has 10 heteroatoms. The number of hydrogen-bond donors (Lipinski definition) is 0. The number of nitrogens with zero attached hydrogens (tertiary/aromatic N) is 8. The van der Waals surface area contributed by atoms with E-state index in [1.54, 1.807) is 54.5 Å². The molecule has 0 N–H and O–H groups in total. The SMILES string of the molecule is C/C=N\N(/C=N\C)c1cnn2ccc(N3CCCC3c3nc(F)ccc3F)nc12. The van der Waals surface area contributed by atoms with Gasteiger partial charge in [0.1, 0.15) is 29.4 Å². The molecule has 0 aliphatic carbocycles. The quantitative estimate of drug-likeness (QED) is 0.286. The average Bonchev–Trinajstić information content (AvgIpc) is 3.36. The maximum absolute atomic E-state index is 14.3. The molecule has 1 atom stereocenters. The monoisotopic (exact) mass is 398 g/mol. The Labute approximate surface area is 166 Å². The molecule has 8 nitrogen and oxygen atoms in total. The lowest BCUT2D eigenvalue weighted by atomic mass is 10.1. The Morgan fingerprint density at radius 1 is 1.24 bits per heavy atom. The predicted molar refractivity (Wildman–Crippen MR) is 108 cm³/mol. The van der Waals surface area contributed by atoms with Gasteiger partial charge in [-0.25, -0.2) is 23.9 Å². The van der Waals surface area contributed by atoms with Crippen LogP contribution >= 0.6 is 0 Å². The van der Waals surface area contributed by atoms with Crippen molar-refractivity contribution in [1.82, 2.24) is 19.6 Å². The van der Waals surface area contributed by atoms with E-state index in [1.807, 2.05) is 4.90 Å². The highest BCUT2D eigenvalue weighted by Crippen LogP contribution is 2.36. The third-order valence-electron chi connectivity index (χ3n) is 4.75. The predicted octanol–water partition coefficient (Wildman–Crippen LogP) is 3.21. The van der Waals surface area contributed by atoms with Gasteiger partial charge in [-0.2, -0.15) is 14.6 Å². The minimum atomic E-state index is -0.693. The van der Waals surface area contributed by atoms with Gasteiger partial charge < -0.3 is 4.90 Å². The van der Waals surface area contributed by atoms with Crippen LogP contribution in [0.25, 0.3) is 5.65 Å². The van der Waals surface area contributed by atoms with E-state index in [1.165, 1.54) is 0 Å². The molecule has 150 valence electrons. The van der Waals surface area contributed by atoms with Crippen LogP contribution in [-0.2, 0) is 0 Å². The molecule has 4 rings (SSSR count). The first-order valence-corrected chi connectivity index (χ1v) is 9.25. The average molecular weight is 398 g/mol. The number of rotatable bonds is 5. The molecule has 3 aromatic heterocycles. The summed E-state index contributed by atoms with van der Waals surface area (Å²) in [7, 11) is 1.65. The van der Waals surface area contributed by atoms with E-state index in [2.05, 4.69) is 20.2 Å². The van der Waals surface area contributed by atoms with Crippen molar-refractivity contribution in [1.29, 1.82) is 0 Å². The summed E-state index contributed by atoms with van der Waals surface area (Å²) in [5, 5.41) is 10.2. The van der Waals surface area contributed by atoms with Crippen molar-refractivity contribution in [2.75, 3.05) is 23.5 Å². The van der Waals surface area contributed by atoms with Crippen LogP contribution in [0.1, 0.15) is 31.5 Å². The number of fused-ring (bicyclic) bond motifs is 1. The first kappa shape index (κ1) is 18.9. The zero-order valence-electron chi connectivity index (χ0n) is 16.1. The number of pyridine rings is 1. The number of anilines is 2. The first-order valence-electron chi connectivity index (χ1n) is 9.25. The van der Waals surface area contributed by atoms with Crippen LogP contribution in [0.2, 0.25) is 0 Å². The fourth-order valence-electron chi connectivity index (χ4n) is 3.55. The number of aliphatic imine (C=N–C) groups is 1. The molecule has 1 saturated heterocycles. The second kappa shape index (κ2) is 7.90. The van der Waals surface area contributed by atoms with Crippen LogP contribution < -0.4 is 9.91 Å². The summed E-state index contributed by atoms with van der Waals surface area (Å²) in [5.74, 6) is -0.570. The van der Waals surface area contributed by atoms with E-state index in [0.29, 0.717) is 30.1 Å². The van der Waals surface area contributed by atoms with Crippen molar-refractivity contribution in [2.24, 2.45) is 10.1 Å². The Morgan fingerprint density at radius 2 is 2.10 bits per heavy atom. The molecule has 0 bridgehead atoms. The Hall–Kier alpha value is -3.43. The maximum Gasteiger partial charge on any atom is 0.213 e. The van der Waals surface area contributed by atoms with Gasteiger partial charge in [-0.15, -0.1) is 0 Å². The van der Waals surface area contributed by atoms with Crippen LogP contribution in [0, 0.1) is 11.8 Å². The van der Waals surface area contributed by atoms with Gasteiger partial charge in [-0.05, 0) is 38.0 Å². The largest absolute Gasteiger partial charge is 0.348 e. The molecule has 1 fully saturated rings.